The van der Waals surface area contributed by atoms with Gasteiger partial charge in [-0.05, 0) is 73.5 Å². The van der Waals surface area contributed by atoms with E-state index in [2.05, 4.69) is 25.7 Å². The van der Waals surface area contributed by atoms with E-state index < -0.39 is 5.97 Å². The molecule has 2 aromatic carbocycles. The van der Waals surface area contributed by atoms with Crippen LogP contribution in [0.1, 0.15) is 115 Å². The minimum atomic E-state index is -0.562. The Balaban J connectivity index is 1.42. The van der Waals surface area contributed by atoms with Crippen LogP contribution in [0, 0.1) is 23.2 Å². The maximum atomic E-state index is 12.5. The SMILES string of the molecule is CCCCCCCCCCOc1ccc(C#Cc2ccc(N3C=CC(=C(C#N)C(=O)OCCCCCCCC)C=C3)cc2)cc1. The first-order valence-electron chi connectivity index (χ1n) is 17.0. The van der Waals surface area contributed by atoms with Crippen LogP contribution in [0.2, 0.25) is 0 Å². The summed E-state index contributed by atoms with van der Waals surface area (Å²) in [6.07, 6.45) is 24.2. The van der Waals surface area contributed by atoms with Crippen molar-refractivity contribution >= 4 is 11.7 Å². The van der Waals surface area contributed by atoms with E-state index in [4.69, 9.17) is 9.47 Å². The molecule has 45 heavy (non-hydrogen) atoms. The van der Waals surface area contributed by atoms with Crippen molar-refractivity contribution in [2.45, 2.75) is 104 Å². The summed E-state index contributed by atoms with van der Waals surface area (Å²) in [6, 6.07) is 17.9. The highest BCUT2D eigenvalue weighted by Crippen LogP contribution is 2.22. The van der Waals surface area contributed by atoms with E-state index in [0.29, 0.717) is 12.2 Å². The molecule has 1 aliphatic heterocycles. The van der Waals surface area contributed by atoms with E-state index in [1.165, 1.54) is 64.2 Å². The highest BCUT2D eigenvalue weighted by molar-refractivity contribution is 5.95. The van der Waals surface area contributed by atoms with Gasteiger partial charge in [-0.15, -0.1) is 0 Å². The van der Waals surface area contributed by atoms with Crippen molar-refractivity contribution in [1.82, 2.24) is 0 Å². The summed E-state index contributed by atoms with van der Waals surface area (Å²) in [6.45, 7) is 5.55. The molecule has 0 N–H and O–H groups in total. The summed E-state index contributed by atoms with van der Waals surface area (Å²) >= 11 is 0. The quantitative estimate of drug-likeness (QED) is 0.0523. The number of esters is 1. The molecule has 1 aliphatic rings. The van der Waals surface area contributed by atoms with Gasteiger partial charge in [0.2, 0.25) is 0 Å². The topological polar surface area (TPSA) is 62.6 Å². The molecule has 0 unspecified atom stereocenters. The Morgan fingerprint density at radius 1 is 0.667 bits per heavy atom. The summed E-state index contributed by atoms with van der Waals surface area (Å²) in [5.41, 5.74) is 3.39. The molecule has 0 atom stereocenters. The average molecular weight is 607 g/mol. The first kappa shape index (κ1) is 35.3. The standard InChI is InChI=1S/C40H50N2O3/c1-3-5-7-9-11-12-14-15-31-44-38-25-21-35(22-26-38)18-17-34-19-23-37(24-20-34)42-29-27-36(28-30-42)39(33-41)40(43)45-32-16-13-10-8-6-4-2/h19-30H,3-16,31-32H2,1-2H3. The monoisotopic (exact) mass is 606 g/mol. The molecule has 0 amide bonds. The summed E-state index contributed by atoms with van der Waals surface area (Å²) in [7, 11) is 0. The van der Waals surface area contributed by atoms with Crippen LogP contribution in [0.3, 0.4) is 0 Å². The van der Waals surface area contributed by atoms with Crippen LogP contribution in [-0.4, -0.2) is 19.2 Å². The second kappa shape index (κ2) is 21.5. The van der Waals surface area contributed by atoms with Gasteiger partial charge >= 0.3 is 5.97 Å². The van der Waals surface area contributed by atoms with Gasteiger partial charge in [-0.1, -0.05) is 103 Å². The summed E-state index contributed by atoms with van der Waals surface area (Å²) in [5, 5.41) is 9.59. The zero-order valence-corrected chi connectivity index (χ0v) is 27.4. The lowest BCUT2D eigenvalue weighted by molar-refractivity contribution is -0.138. The summed E-state index contributed by atoms with van der Waals surface area (Å²) in [4.78, 5) is 14.4. The lowest BCUT2D eigenvalue weighted by atomic mass is 10.1. The van der Waals surface area contributed by atoms with Crippen LogP contribution < -0.4 is 9.64 Å². The van der Waals surface area contributed by atoms with Crippen LogP contribution >= 0.6 is 0 Å². The Bertz CT molecular complexity index is 1340. The molecule has 0 radical (unpaired) electrons. The highest BCUT2D eigenvalue weighted by Gasteiger charge is 2.16. The van der Waals surface area contributed by atoms with Crippen LogP contribution in [-0.2, 0) is 9.53 Å². The minimum absolute atomic E-state index is 0.0295. The molecule has 238 valence electrons. The zero-order valence-electron chi connectivity index (χ0n) is 27.4. The fourth-order valence-corrected chi connectivity index (χ4v) is 5.03. The number of unbranched alkanes of at least 4 members (excludes halogenated alkanes) is 12. The van der Waals surface area contributed by atoms with Gasteiger partial charge in [0.15, 0.2) is 0 Å². The summed E-state index contributed by atoms with van der Waals surface area (Å²) in [5.74, 6) is 6.79. The normalized spacial score (nSPS) is 11.9. The van der Waals surface area contributed by atoms with E-state index >= 15 is 0 Å². The van der Waals surface area contributed by atoms with Crippen LogP contribution in [0.5, 0.6) is 5.75 Å². The van der Waals surface area contributed by atoms with Gasteiger partial charge < -0.3 is 14.4 Å². The van der Waals surface area contributed by atoms with Crippen molar-refractivity contribution in [2.75, 3.05) is 18.1 Å². The molecule has 0 saturated carbocycles. The Hall–Kier alpha value is -4.22. The molecule has 2 aromatic rings. The molecule has 0 saturated heterocycles. The maximum Gasteiger partial charge on any atom is 0.349 e. The van der Waals surface area contributed by atoms with Crippen LogP contribution in [0.25, 0.3) is 0 Å². The fraction of sp³-hybridized carbons (Fsp3) is 0.450. The zero-order chi connectivity index (χ0) is 32.0. The number of ether oxygens (including phenoxy) is 2. The molecule has 5 heteroatoms. The Morgan fingerprint density at radius 2 is 1.16 bits per heavy atom. The first-order valence-corrected chi connectivity index (χ1v) is 17.0. The number of benzene rings is 2. The van der Waals surface area contributed by atoms with Crippen molar-refractivity contribution < 1.29 is 14.3 Å². The molecule has 0 bridgehead atoms. The van der Waals surface area contributed by atoms with Crippen molar-refractivity contribution in [1.29, 1.82) is 5.26 Å². The van der Waals surface area contributed by atoms with Gasteiger partial charge in [0.1, 0.15) is 17.4 Å². The van der Waals surface area contributed by atoms with Gasteiger partial charge in [-0.25, -0.2) is 4.79 Å². The van der Waals surface area contributed by atoms with Crippen LogP contribution in [0.4, 0.5) is 5.69 Å². The third-order valence-electron chi connectivity index (χ3n) is 7.80. The molecule has 1 heterocycles. The Labute approximate surface area is 271 Å². The molecular weight excluding hydrogens is 556 g/mol. The largest absolute Gasteiger partial charge is 0.494 e. The van der Waals surface area contributed by atoms with Gasteiger partial charge in [-0.3, -0.25) is 0 Å². The highest BCUT2D eigenvalue weighted by atomic mass is 16.5. The molecule has 3 rings (SSSR count). The third kappa shape index (κ3) is 13.5. The molecule has 0 aromatic heterocycles. The van der Waals surface area contributed by atoms with E-state index in [9.17, 15) is 10.1 Å². The lowest BCUT2D eigenvalue weighted by Crippen LogP contribution is -2.13. The number of hydrogen-bond acceptors (Lipinski definition) is 5. The second-order valence-corrected chi connectivity index (χ2v) is 11.5. The van der Waals surface area contributed by atoms with E-state index in [0.717, 1.165) is 54.9 Å². The smallest absolute Gasteiger partial charge is 0.349 e. The fourth-order valence-electron chi connectivity index (χ4n) is 5.03. The first-order chi connectivity index (χ1) is 22.1. The molecule has 5 nitrogen and oxygen atoms in total. The number of rotatable bonds is 19. The van der Waals surface area contributed by atoms with E-state index in [1.807, 2.05) is 71.9 Å². The van der Waals surface area contributed by atoms with E-state index in [-0.39, 0.29) is 5.57 Å². The number of nitrogens with zero attached hydrogens (tertiary/aromatic N) is 2. The molecule has 0 aliphatic carbocycles. The van der Waals surface area contributed by atoms with Crippen LogP contribution in [0.15, 0.2) is 84.2 Å². The number of hydrogen-bond donors (Lipinski definition) is 0. The molecular formula is C40H50N2O3. The predicted octanol–water partition coefficient (Wildman–Crippen LogP) is 10.2. The molecule has 0 spiro atoms. The predicted molar refractivity (Wildman–Crippen MR) is 185 cm³/mol. The number of allylic oxidation sites excluding steroid dienone is 3. The summed E-state index contributed by atoms with van der Waals surface area (Å²) < 4.78 is 11.3. The van der Waals surface area contributed by atoms with E-state index in [1.54, 1.807) is 12.2 Å². The van der Waals surface area contributed by atoms with Gasteiger partial charge in [0.25, 0.3) is 0 Å². The number of carbonyl (C=O) groups is 1. The number of anilines is 1. The average Bonchev–Trinajstić information content (AvgIpc) is 3.07. The van der Waals surface area contributed by atoms with Crippen molar-refractivity contribution in [3.05, 3.63) is 95.4 Å². The van der Waals surface area contributed by atoms with Crippen molar-refractivity contribution in [3.63, 3.8) is 0 Å². The molecule has 0 fully saturated rings. The third-order valence-corrected chi connectivity index (χ3v) is 7.80. The van der Waals surface area contributed by atoms with Gasteiger partial charge in [0.05, 0.1) is 13.2 Å². The van der Waals surface area contributed by atoms with Crippen molar-refractivity contribution in [2.24, 2.45) is 0 Å². The number of nitriles is 1. The maximum absolute atomic E-state index is 12.5. The number of carbonyl (C=O) groups excluding carboxylic acids is 1. The Morgan fingerprint density at radius 3 is 1.69 bits per heavy atom. The van der Waals surface area contributed by atoms with Crippen molar-refractivity contribution in [3.8, 4) is 23.7 Å². The lowest BCUT2D eigenvalue weighted by Gasteiger charge is -2.19. The van der Waals surface area contributed by atoms with Gasteiger partial charge in [0, 0.05) is 34.8 Å². The Kier molecular flexibility index (Phi) is 16.8. The second-order valence-electron chi connectivity index (χ2n) is 11.5. The minimum Gasteiger partial charge on any atom is -0.494 e. The van der Waals surface area contributed by atoms with Gasteiger partial charge in [-0.2, -0.15) is 5.26 Å².